The molecule has 4 N–H and O–H groups in total. The van der Waals surface area contributed by atoms with Gasteiger partial charge in [0.1, 0.15) is 0 Å². The van der Waals surface area contributed by atoms with Crippen LogP contribution in [0, 0.1) is 0 Å². The van der Waals surface area contributed by atoms with Gasteiger partial charge in [0.2, 0.25) is 0 Å². The quantitative estimate of drug-likeness (QED) is 0.380. The SMILES string of the molecule is C[CH2][Ga].O.O. The molecule has 0 fully saturated rings. The average Bonchev–Trinajstić information content (AvgIpc) is 0.918. The van der Waals surface area contributed by atoms with E-state index in [0.717, 1.165) is 0 Å². The second kappa shape index (κ2) is 23.8. The molecule has 32 valence electrons. The Kier molecular flexibility index (Phi) is 84.0. The molecule has 0 heterocycles. The molecule has 0 saturated heterocycles. The van der Waals surface area contributed by atoms with Gasteiger partial charge in [-0.1, -0.05) is 0 Å². The Labute approximate surface area is 42.1 Å². The van der Waals surface area contributed by atoms with E-state index in [1.807, 2.05) is 0 Å². The maximum atomic E-state index is 2.15. The van der Waals surface area contributed by atoms with Crippen molar-refractivity contribution in [3.8, 4) is 0 Å². The summed E-state index contributed by atoms with van der Waals surface area (Å²) in [6, 6.07) is 0. The summed E-state index contributed by atoms with van der Waals surface area (Å²) in [5, 5.41) is 0. The monoisotopic (exact) mass is 134 g/mol. The van der Waals surface area contributed by atoms with Crippen molar-refractivity contribution >= 4 is 18.6 Å². The van der Waals surface area contributed by atoms with E-state index in [2.05, 4.69) is 6.92 Å². The third kappa shape index (κ3) is 96.2. The minimum Gasteiger partial charge on any atom is -0.412 e. The van der Waals surface area contributed by atoms with E-state index in [1.54, 1.807) is 18.6 Å². The molecule has 0 rings (SSSR count). The first-order chi connectivity index (χ1) is 1.41. The molecule has 0 saturated carbocycles. The summed E-state index contributed by atoms with van der Waals surface area (Å²) in [4.78, 5) is 1.31. The van der Waals surface area contributed by atoms with Crippen molar-refractivity contribution in [3.05, 3.63) is 0 Å². The van der Waals surface area contributed by atoms with Gasteiger partial charge in [-0.05, 0) is 0 Å². The van der Waals surface area contributed by atoms with Crippen LogP contribution >= 0.6 is 0 Å². The van der Waals surface area contributed by atoms with Gasteiger partial charge in [-0.15, -0.1) is 0 Å². The van der Waals surface area contributed by atoms with E-state index in [9.17, 15) is 0 Å². The summed E-state index contributed by atoms with van der Waals surface area (Å²) in [6.07, 6.45) is 0. The zero-order chi connectivity index (χ0) is 2.71. The minimum absolute atomic E-state index is 0. The van der Waals surface area contributed by atoms with Gasteiger partial charge in [-0.25, -0.2) is 0 Å². The van der Waals surface area contributed by atoms with Crippen LogP contribution in [0.4, 0.5) is 0 Å². The normalized spacial score (nSPS) is 3.40. The summed E-state index contributed by atoms with van der Waals surface area (Å²) < 4.78 is 0. The number of hydrogen-bond acceptors (Lipinski definition) is 0. The Bertz CT molecular complexity index is 7.61. The van der Waals surface area contributed by atoms with Crippen molar-refractivity contribution in [1.82, 2.24) is 0 Å². The Hall–Kier alpha value is 0.556. The van der Waals surface area contributed by atoms with E-state index >= 15 is 0 Å². The molecule has 0 aromatic heterocycles. The van der Waals surface area contributed by atoms with Crippen LogP contribution in [0.5, 0.6) is 0 Å². The van der Waals surface area contributed by atoms with Gasteiger partial charge in [0.15, 0.2) is 0 Å². The molecular weight excluding hydrogens is 126 g/mol. The third-order valence-electron chi connectivity index (χ3n) is 0. The summed E-state index contributed by atoms with van der Waals surface area (Å²) in [5.74, 6) is 0. The topological polar surface area (TPSA) is 63.0 Å². The van der Waals surface area contributed by atoms with Crippen LogP contribution in [-0.2, 0) is 0 Å². The van der Waals surface area contributed by atoms with Crippen LogP contribution in [0.1, 0.15) is 6.92 Å². The summed E-state index contributed by atoms with van der Waals surface area (Å²) in [5.41, 5.74) is 0. The second-order valence-electron chi connectivity index (χ2n) is 0.408. The molecule has 0 aliphatic carbocycles. The molecule has 0 unspecified atom stereocenters. The van der Waals surface area contributed by atoms with Crippen molar-refractivity contribution in [2.24, 2.45) is 0 Å². The minimum atomic E-state index is 0. The predicted octanol–water partition coefficient (Wildman–Crippen LogP) is -1.06. The molecule has 0 aliphatic rings. The fraction of sp³-hybridized carbons (Fsp3) is 1.00. The fourth-order valence-corrected chi connectivity index (χ4v) is 0. The molecule has 3 heteroatoms. The van der Waals surface area contributed by atoms with Crippen LogP contribution in [0.15, 0.2) is 0 Å². The van der Waals surface area contributed by atoms with Crippen LogP contribution in [-0.4, -0.2) is 29.6 Å². The predicted molar refractivity (Wildman–Crippen MR) is 23.5 cm³/mol. The standard InChI is InChI=1S/C2H5.Ga.2H2O/c1-2;;;/h1H2,2H3;;2*1H2. The van der Waals surface area contributed by atoms with Crippen LogP contribution in [0.2, 0.25) is 4.98 Å². The number of rotatable bonds is 0. The van der Waals surface area contributed by atoms with E-state index in [1.165, 1.54) is 4.98 Å². The molecule has 0 amide bonds. The molecule has 0 bridgehead atoms. The fourth-order valence-electron chi connectivity index (χ4n) is 0. The van der Waals surface area contributed by atoms with Crippen molar-refractivity contribution in [1.29, 1.82) is 0 Å². The van der Waals surface area contributed by atoms with E-state index in [-0.39, 0.29) is 11.0 Å². The summed E-state index contributed by atoms with van der Waals surface area (Å²) in [7, 11) is 0. The first kappa shape index (κ1) is 17.7. The van der Waals surface area contributed by atoms with Crippen LogP contribution in [0.3, 0.4) is 0 Å². The smallest absolute Gasteiger partial charge is 0.412 e. The van der Waals surface area contributed by atoms with Gasteiger partial charge in [0, 0.05) is 0 Å². The zero-order valence-electron chi connectivity index (χ0n) is 3.28. The molecule has 0 aromatic carbocycles. The van der Waals surface area contributed by atoms with Crippen molar-refractivity contribution in [3.63, 3.8) is 0 Å². The Balaban J connectivity index is -0.0000000200. The van der Waals surface area contributed by atoms with Crippen molar-refractivity contribution in [2.75, 3.05) is 0 Å². The van der Waals surface area contributed by atoms with Gasteiger partial charge in [0.25, 0.3) is 0 Å². The van der Waals surface area contributed by atoms with Gasteiger partial charge in [0.05, 0.1) is 0 Å². The molecule has 0 aromatic rings. The van der Waals surface area contributed by atoms with Crippen molar-refractivity contribution < 1.29 is 11.0 Å². The van der Waals surface area contributed by atoms with Crippen LogP contribution < -0.4 is 0 Å². The van der Waals surface area contributed by atoms with Gasteiger partial charge < -0.3 is 11.0 Å². The van der Waals surface area contributed by atoms with E-state index in [0.29, 0.717) is 0 Å². The Morgan fingerprint density at radius 1 is 1.40 bits per heavy atom. The second-order valence-corrected chi connectivity index (χ2v) is 2.12. The van der Waals surface area contributed by atoms with E-state index in [4.69, 9.17) is 0 Å². The Morgan fingerprint density at radius 3 is 1.40 bits per heavy atom. The molecule has 0 atom stereocenters. The average molecular weight is 135 g/mol. The van der Waals surface area contributed by atoms with Gasteiger partial charge in [-0.2, -0.15) is 0 Å². The van der Waals surface area contributed by atoms with Crippen LogP contribution in [0.25, 0.3) is 0 Å². The van der Waals surface area contributed by atoms with Gasteiger partial charge in [-0.3, -0.25) is 0 Å². The summed E-state index contributed by atoms with van der Waals surface area (Å²) in [6.45, 7) is 2.15. The molecule has 2 radical (unpaired) electrons. The third-order valence-corrected chi connectivity index (χ3v) is 0. The molecule has 0 spiro atoms. The molecule has 0 aliphatic heterocycles. The van der Waals surface area contributed by atoms with Crippen molar-refractivity contribution in [2.45, 2.75) is 11.9 Å². The van der Waals surface area contributed by atoms with Gasteiger partial charge >= 0.3 is 30.5 Å². The largest absolute Gasteiger partial charge is 0.412 e. The molecular formula is C2H9GaO2. The Morgan fingerprint density at radius 2 is 1.40 bits per heavy atom. The van der Waals surface area contributed by atoms with E-state index < -0.39 is 0 Å². The maximum Gasteiger partial charge on any atom is -0.412 e. The number of hydrogen-bond donors (Lipinski definition) is 0. The first-order valence-corrected chi connectivity index (χ1v) is 2.83. The first-order valence-electron chi connectivity index (χ1n) is 1.12. The molecule has 5 heavy (non-hydrogen) atoms. The maximum absolute atomic E-state index is 2.15. The summed E-state index contributed by atoms with van der Waals surface area (Å²) >= 11 is 1.78. The zero-order valence-corrected chi connectivity index (χ0v) is 5.71. The molecule has 2 nitrogen and oxygen atoms in total.